The number of benzene rings is 2. The fourth-order valence-electron chi connectivity index (χ4n) is 3.20. The van der Waals surface area contributed by atoms with Crippen molar-refractivity contribution in [2.75, 3.05) is 0 Å². The molecule has 3 rings (SSSR count). The molecule has 0 aliphatic carbocycles. The second-order valence-corrected chi connectivity index (χ2v) is 7.48. The second kappa shape index (κ2) is 8.61. The topological polar surface area (TPSA) is 59.3 Å². The summed E-state index contributed by atoms with van der Waals surface area (Å²) in [5.41, 5.74) is 2.01. The predicted octanol–water partition coefficient (Wildman–Crippen LogP) is 5.84. The lowest BCUT2D eigenvalue weighted by Gasteiger charge is -2.18. The lowest BCUT2D eigenvalue weighted by atomic mass is 9.95. The van der Waals surface area contributed by atoms with Gasteiger partial charge in [-0.05, 0) is 54.2 Å². The number of nitrogens with one attached hydrogen (secondary N) is 1. The van der Waals surface area contributed by atoms with Gasteiger partial charge in [-0.3, -0.25) is 4.79 Å². The number of hydrogen-bond acceptors (Lipinski definition) is 3. The van der Waals surface area contributed by atoms with E-state index in [1.54, 1.807) is 18.2 Å². The van der Waals surface area contributed by atoms with E-state index in [4.69, 9.17) is 16.0 Å². The van der Waals surface area contributed by atoms with E-state index < -0.39 is 11.5 Å². The average Bonchev–Trinajstić information content (AvgIpc) is 2.71. The number of amides is 1. The minimum absolute atomic E-state index is 0.0237. The van der Waals surface area contributed by atoms with Crippen molar-refractivity contribution in [2.45, 2.75) is 45.6 Å². The summed E-state index contributed by atoms with van der Waals surface area (Å²) in [5, 5.41) is 4.08. The Morgan fingerprint density at radius 1 is 1.04 bits per heavy atom. The van der Waals surface area contributed by atoms with Crippen LogP contribution >= 0.6 is 11.6 Å². The Morgan fingerprint density at radius 3 is 2.36 bits per heavy atom. The summed E-state index contributed by atoms with van der Waals surface area (Å²) in [6, 6.07) is 14.6. The van der Waals surface area contributed by atoms with Gasteiger partial charge in [0.15, 0.2) is 0 Å². The Bertz CT molecular complexity index is 1040. The van der Waals surface area contributed by atoms with Gasteiger partial charge in [0.25, 0.3) is 5.91 Å². The molecule has 0 aliphatic heterocycles. The highest BCUT2D eigenvalue weighted by molar-refractivity contribution is 6.31. The van der Waals surface area contributed by atoms with E-state index in [2.05, 4.69) is 31.3 Å². The largest absolute Gasteiger partial charge is 0.422 e. The normalized spacial score (nSPS) is 13.3. The first-order chi connectivity index (χ1) is 13.4. The molecule has 1 N–H and O–H groups in total. The molecule has 146 valence electrons. The zero-order valence-electron chi connectivity index (χ0n) is 16.3. The van der Waals surface area contributed by atoms with Crippen LogP contribution in [0.15, 0.2) is 57.7 Å². The Balaban J connectivity index is 1.85. The van der Waals surface area contributed by atoms with Gasteiger partial charge >= 0.3 is 5.63 Å². The standard InChI is InChI=1S/C23H24ClNO3/c1-4-14(3)15-6-8-16(9-7-15)20(5-2)25-22(26)19-13-17-12-18(24)10-11-21(17)28-23(19)27/h6-14,20H,4-5H2,1-3H3,(H,25,26)/t14-,20-/m1/s1. The third-order valence-corrected chi connectivity index (χ3v) is 5.41. The molecule has 0 radical (unpaired) electrons. The number of fused-ring (bicyclic) bond motifs is 1. The van der Waals surface area contributed by atoms with Crippen molar-refractivity contribution >= 4 is 28.5 Å². The first kappa shape index (κ1) is 20.2. The quantitative estimate of drug-likeness (QED) is 0.531. The molecule has 2 atom stereocenters. The average molecular weight is 398 g/mol. The molecule has 4 nitrogen and oxygen atoms in total. The summed E-state index contributed by atoms with van der Waals surface area (Å²) in [7, 11) is 0. The van der Waals surface area contributed by atoms with Gasteiger partial charge in [0, 0.05) is 10.4 Å². The maximum absolute atomic E-state index is 12.8. The fraction of sp³-hybridized carbons (Fsp3) is 0.304. The van der Waals surface area contributed by atoms with Crippen LogP contribution in [-0.4, -0.2) is 5.91 Å². The SMILES string of the molecule is CC[C@@H](C)c1ccc([C@@H](CC)NC(=O)c2cc3cc(Cl)ccc3oc2=O)cc1. The Morgan fingerprint density at radius 2 is 1.71 bits per heavy atom. The summed E-state index contributed by atoms with van der Waals surface area (Å²) >= 11 is 6.00. The van der Waals surface area contributed by atoms with E-state index in [1.807, 2.05) is 19.1 Å². The van der Waals surface area contributed by atoms with Crippen LogP contribution in [0.25, 0.3) is 11.0 Å². The van der Waals surface area contributed by atoms with Gasteiger partial charge < -0.3 is 9.73 Å². The molecule has 0 saturated heterocycles. The van der Waals surface area contributed by atoms with Gasteiger partial charge in [-0.2, -0.15) is 0 Å². The Hall–Kier alpha value is -2.59. The van der Waals surface area contributed by atoms with Crippen LogP contribution in [0.4, 0.5) is 0 Å². The van der Waals surface area contributed by atoms with Gasteiger partial charge in [0.1, 0.15) is 11.1 Å². The highest BCUT2D eigenvalue weighted by atomic mass is 35.5. The van der Waals surface area contributed by atoms with Crippen molar-refractivity contribution in [2.24, 2.45) is 0 Å². The summed E-state index contributed by atoms with van der Waals surface area (Å²) in [6.45, 7) is 6.35. The van der Waals surface area contributed by atoms with Crippen LogP contribution < -0.4 is 10.9 Å². The molecule has 0 aliphatic rings. The number of carbonyl (C=O) groups is 1. The first-order valence-electron chi connectivity index (χ1n) is 9.57. The molecule has 3 aromatic rings. The lowest BCUT2D eigenvalue weighted by molar-refractivity contribution is 0.0932. The van der Waals surface area contributed by atoms with Gasteiger partial charge in [0.05, 0.1) is 6.04 Å². The summed E-state index contributed by atoms with van der Waals surface area (Å²) < 4.78 is 5.27. The van der Waals surface area contributed by atoms with Crippen LogP contribution in [0, 0.1) is 0 Å². The molecule has 1 heterocycles. The minimum Gasteiger partial charge on any atom is -0.422 e. The summed E-state index contributed by atoms with van der Waals surface area (Å²) in [5.74, 6) is 0.0475. The molecule has 0 unspecified atom stereocenters. The monoisotopic (exact) mass is 397 g/mol. The van der Waals surface area contributed by atoms with Crippen LogP contribution in [0.3, 0.4) is 0 Å². The van der Waals surface area contributed by atoms with E-state index in [-0.39, 0.29) is 11.6 Å². The van der Waals surface area contributed by atoms with E-state index in [0.29, 0.717) is 28.3 Å². The molecule has 0 spiro atoms. The Kier molecular flexibility index (Phi) is 6.20. The third-order valence-electron chi connectivity index (χ3n) is 5.17. The van der Waals surface area contributed by atoms with Crippen molar-refractivity contribution in [3.63, 3.8) is 0 Å². The van der Waals surface area contributed by atoms with Crippen molar-refractivity contribution in [3.05, 3.63) is 80.7 Å². The summed E-state index contributed by atoms with van der Waals surface area (Å²) in [6.07, 6.45) is 1.79. The van der Waals surface area contributed by atoms with Crippen molar-refractivity contribution in [1.29, 1.82) is 0 Å². The van der Waals surface area contributed by atoms with Crippen LogP contribution in [0.2, 0.25) is 5.02 Å². The molecule has 0 bridgehead atoms. The van der Waals surface area contributed by atoms with E-state index in [1.165, 1.54) is 11.6 Å². The molecule has 1 aromatic heterocycles. The van der Waals surface area contributed by atoms with Gasteiger partial charge in [-0.1, -0.05) is 56.6 Å². The summed E-state index contributed by atoms with van der Waals surface area (Å²) in [4.78, 5) is 25.0. The molecule has 5 heteroatoms. The number of hydrogen-bond donors (Lipinski definition) is 1. The van der Waals surface area contributed by atoms with Crippen molar-refractivity contribution < 1.29 is 9.21 Å². The molecule has 28 heavy (non-hydrogen) atoms. The Labute approximate surface area is 169 Å². The fourth-order valence-corrected chi connectivity index (χ4v) is 3.38. The molecular weight excluding hydrogens is 374 g/mol. The van der Waals surface area contributed by atoms with Gasteiger partial charge in [-0.15, -0.1) is 0 Å². The highest BCUT2D eigenvalue weighted by Gasteiger charge is 2.18. The zero-order valence-corrected chi connectivity index (χ0v) is 17.0. The molecular formula is C23H24ClNO3. The van der Waals surface area contributed by atoms with Crippen molar-refractivity contribution in [3.8, 4) is 0 Å². The van der Waals surface area contributed by atoms with E-state index in [0.717, 1.165) is 12.0 Å². The molecule has 0 fully saturated rings. The van der Waals surface area contributed by atoms with Crippen LogP contribution in [0.5, 0.6) is 0 Å². The van der Waals surface area contributed by atoms with E-state index >= 15 is 0 Å². The van der Waals surface area contributed by atoms with Crippen molar-refractivity contribution in [1.82, 2.24) is 5.32 Å². The molecule has 1 amide bonds. The lowest BCUT2D eigenvalue weighted by Crippen LogP contribution is -2.31. The van der Waals surface area contributed by atoms with Gasteiger partial charge in [-0.25, -0.2) is 4.79 Å². The maximum atomic E-state index is 12.8. The highest BCUT2D eigenvalue weighted by Crippen LogP contribution is 2.23. The van der Waals surface area contributed by atoms with Crippen LogP contribution in [-0.2, 0) is 0 Å². The number of halogens is 1. The van der Waals surface area contributed by atoms with Gasteiger partial charge in [0.2, 0.25) is 0 Å². The third kappa shape index (κ3) is 4.28. The number of rotatable bonds is 6. The number of carbonyl (C=O) groups excluding carboxylic acids is 1. The maximum Gasteiger partial charge on any atom is 0.349 e. The van der Waals surface area contributed by atoms with E-state index in [9.17, 15) is 9.59 Å². The molecule has 0 saturated carbocycles. The molecule has 2 aromatic carbocycles. The smallest absolute Gasteiger partial charge is 0.349 e. The predicted molar refractivity (Wildman–Crippen MR) is 113 cm³/mol. The zero-order chi connectivity index (χ0) is 20.3. The second-order valence-electron chi connectivity index (χ2n) is 7.04. The first-order valence-corrected chi connectivity index (χ1v) is 9.94. The minimum atomic E-state index is -0.658. The van der Waals surface area contributed by atoms with Crippen LogP contribution in [0.1, 0.15) is 67.1 Å².